The Morgan fingerprint density at radius 1 is 0.202 bits per heavy atom. The highest BCUT2D eigenvalue weighted by Gasteiger charge is 2.35. The van der Waals surface area contributed by atoms with Crippen LogP contribution in [0, 0.1) is 0 Å². The largest absolute Gasteiger partial charge is 0.454 e. The van der Waals surface area contributed by atoms with Gasteiger partial charge in [-0.2, -0.15) is 0 Å². The van der Waals surface area contributed by atoms with Crippen LogP contribution in [0.25, 0.3) is 222 Å². The standard InChI is InChI=1S/C99H60N8O2/c1-99(2)83-34-17-15-30-74(83)75-49-44-66(56-84(75)99)63-24-19-25-67(52-63)97-104-93(59-20-5-3-6-21-59)102-95(106-97)61-42-38-58(39-43-61)88-77-50-45-64(53-81(77)92-89(100-88)79-33-16-18-35-85(79)108-92)65-47-51-86-82(54-65)90-91(109-86)78-32-14-13-31-76(78)87(101-90)57-36-40-62(41-37-57)96-103-94(60-22-7-4-8-23-60)105-98(107-96)68-46-48-73-71-28-10-9-26-69(71)70-27-11-12-29-72(70)80(73)55-68/h3-56H,1-2H3. The summed E-state index contributed by atoms with van der Waals surface area (Å²) in [6, 6.07) is 115. The third-order valence-electron chi connectivity index (χ3n) is 22.2. The molecule has 0 saturated heterocycles. The fraction of sp³-hybridized carbons (Fsp3) is 0.0303. The summed E-state index contributed by atoms with van der Waals surface area (Å²) >= 11 is 0. The zero-order valence-corrected chi connectivity index (χ0v) is 59.1. The van der Waals surface area contributed by atoms with E-state index in [1.807, 2.05) is 78.9 Å². The molecule has 1 aliphatic carbocycles. The fourth-order valence-electron chi connectivity index (χ4n) is 16.7. The molecular weight excluding hydrogens is 1330 g/mol. The Bertz CT molecular complexity index is 7340. The van der Waals surface area contributed by atoms with Crippen molar-refractivity contribution >= 4 is 98.0 Å². The molecule has 22 rings (SSSR count). The van der Waals surface area contributed by atoms with Crippen LogP contribution in [0.2, 0.25) is 0 Å². The van der Waals surface area contributed by atoms with Crippen molar-refractivity contribution in [2.45, 2.75) is 19.3 Å². The van der Waals surface area contributed by atoms with Crippen molar-refractivity contribution in [1.82, 2.24) is 39.9 Å². The van der Waals surface area contributed by atoms with E-state index in [1.165, 1.54) is 49.2 Å². The van der Waals surface area contributed by atoms with Gasteiger partial charge in [0.15, 0.2) is 46.1 Å². The molecule has 0 N–H and O–H groups in total. The first-order chi connectivity index (χ1) is 53.7. The molecule has 6 heterocycles. The number of furan rings is 2. The zero-order valence-electron chi connectivity index (χ0n) is 59.1. The van der Waals surface area contributed by atoms with E-state index in [0.29, 0.717) is 34.9 Å². The SMILES string of the molecule is CC1(C)c2ccccc2-c2ccc(-c3cccc(-c4nc(-c5ccccc5)nc(-c5ccc(-c6nc7c8ccccc8oc7c7cc(-c8ccc9oc%10c%11ccccc%11c(-c%11ccc(-c%12nc(-c%13ccccc%13)nc(-c%13ccc%14c%15ccccc%15c%15ccccc%15c%14c%13)n%12)cc%11)nc%10c9c8)ccc67)cc5)n4)c3)cc21. The van der Waals surface area contributed by atoms with Gasteiger partial charge in [-0.15, -0.1) is 0 Å². The predicted molar refractivity (Wildman–Crippen MR) is 443 cm³/mol. The van der Waals surface area contributed by atoms with E-state index in [-0.39, 0.29) is 5.41 Å². The Morgan fingerprint density at radius 2 is 0.550 bits per heavy atom. The Labute approximate surface area is 625 Å². The summed E-state index contributed by atoms with van der Waals surface area (Å²) in [6.07, 6.45) is 0. The summed E-state index contributed by atoms with van der Waals surface area (Å²) in [5, 5.41) is 12.9. The summed E-state index contributed by atoms with van der Waals surface area (Å²) in [4.78, 5) is 42.2. The highest BCUT2D eigenvalue weighted by Crippen LogP contribution is 2.51. The molecule has 0 fully saturated rings. The van der Waals surface area contributed by atoms with Crippen molar-refractivity contribution in [3.8, 4) is 124 Å². The van der Waals surface area contributed by atoms with Crippen molar-refractivity contribution in [2.75, 3.05) is 0 Å². The van der Waals surface area contributed by atoms with Gasteiger partial charge in [0.25, 0.3) is 0 Å². The number of hydrogen-bond acceptors (Lipinski definition) is 10. The number of para-hydroxylation sites is 1. The third kappa shape index (κ3) is 10.1. The number of nitrogens with zero attached hydrogens (tertiary/aromatic N) is 8. The minimum atomic E-state index is -0.122. The molecule has 6 aromatic heterocycles. The number of fused-ring (bicyclic) bond motifs is 19. The maximum Gasteiger partial charge on any atom is 0.164 e. The van der Waals surface area contributed by atoms with Crippen molar-refractivity contribution < 1.29 is 8.83 Å². The number of hydrogen-bond donors (Lipinski definition) is 0. The second-order valence-electron chi connectivity index (χ2n) is 28.9. The van der Waals surface area contributed by atoms with Gasteiger partial charge in [0.05, 0.1) is 11.4 Å². The highest BCUT2D eigenvalue weighted by molar-refractivity contribution is 6.26. The van der Waals surface area contributed by atoms with Crippen LogP contribution in [-0.2, 0) is 5.41 Å². The first-order valence-corrected chi connectivity index (χ1v) is 36.8. The highest BCUT2D eigenvalue weighted by atomic mass is 16.3. The Kier molecular flexibility index (Phi) is 13.8. The van der Waals surface area contributed by atoms with E-state index in [0.717, 1.165) is 149 Å². The molecule has 109 heavy (non-hydrogen) atoms. The molecule has 1 aliphatic rings. The van der Waals surface area contributed by atoms with Crippen LogP contribution < -0.4 is 0 Å². The van der Waals surface area contributed by atoms with Crippen LogP contribution in [0.3, 0.4) is 0 Å². The maximum absolute atomic E-state index is 6.82. The Balaban J connectivity index is 0.613. The molecular formula is C99H60N8O2. The van der Waals surface area contributed by atoms with Gasteiger partial charge in [-0.3, -0.25) is 0 Å². The molecule has 0 bridgehead atoms. The van der Waals surface area contributed by atoms with Gasteiger partial charge in [0.1, 0.15) is 22.2 Å². The average Bonchev–Trinajstić information content (AvgIpc) is 1.67. The lowest BCUT2D eigenvalue weighted by Gasteiger charge is -2.22. The molecule has 0 aliphatic heterocycles. The maximum atomic E-state index is 6.82. The molecule has 0 amide bonds. The van der Waals surface area contributed by atoms with Gasteiger partial charge >= 0.3 is 0 Å². The van der Waals surface area contributed by atoms with Gasteiger partial charge in [-0.05, 0) is 125 Å². The summed E-state index contributed by atoms with van der Waals surface area (Å²) in [7, 11) is 0. The van der Waals surface area contributed by atoms with E-state index >= 15 is 0 Å². The topological polar surface area (TPSA) is 129 Å². The number of aromatic nitrogens is 8. The van der Waals surface area contributed by atoms with Crippen LogP contribution in [-0.4, -0.2) is 39.9 Å². The molecule has 508 valence electrons. The Hall–Kier alpha value is -14.5. The molecule has 0 unspecified atom stereocenters. The molecule has 15 aromatic carbocycles. The predicted octanol–water partition coefficient (Wildman–Crippen LogP) is 25.4. The molecule has 21 aromatic rings. The van der Waals surface area contributed by atoms with Crippen molar-refractivity contribution in [3.63, 3.8) is 0 Å². The quantitative estimate of drug-likeness (QED) is 0.122. The van der Waals surface area contributed by atoms with Crippen molar-refractivity contribution in [1.29, 1.82) is 0 Å². The number of benzene rings is 15. The van der Waals surface area contributed by atoms with Crippen LogP contribution in [0.1, 0.15) is 25.0 Å². The first-order valence-electron chi connectivity index (χ1n) is 36.8. The second-order valence-corrected chi connectivity index (χ2v) is 28.9. The van der Waals surface area contributed by atoms with Crippen molar-refractivity contribution in [3.05, 3.63) is 339 Å². The normalized spacial score (nSPS) is 12.6. The zero-order chi connectivity index (χ0) is 72.0. The van der Waals surface area contributed by atoms with Gasteiger partial charge in [-0.1, -0.05) is 293 Å². The van der Waals surface area contributed by atoms with E-state index < -0.39 is 0 Å². The molecule has 0 atom stereocenters. The lowest BCUT2D eigenvalue weighted by atomic mass is 9.81. The molecule has 0 spiro atoms. The van der Waals surface area contributed by atoms with Crippen molar-refractivity contribution in [2.24, 2.45) is 0 Å². The number of pyridine rings is 2. The van der Waals surface area contributed by atoms with Gasteiger partial charge < -0.3 is 8.83 Å². The molecule has 0 saturated carbocycles. The van der Waals surface area contributed by atoms with E-state index in [9.17, 15) is 0 Å². The Morgan fingerprint density at radius 3 is 1.17 bits per heavy atom. The van der Waals surface area contributed by atoms with Gasteiger partial charge in [-0.25, -0.2) is 39.9 Å². The smallest absolute Gasteiger partial charge is 0.164 e. The van der Waals surface area contributed by atoms with Crippen LogP contribution >= 0.6 is 0 Å². The lowest BCUT2D eigenvalue weighted by Crippen LogP contribution is -2.14. The third-order valence-corrected chi connectivity index (χ3v) is 22.2. The molecule has 10 heteroatoms. The van der Waals surface area contributed by atoms with E-state index in [2.05, 4.69) is 263 Å². The summed E-state index contributed by atoms with van der Waals surface area (Å²) in [6.45, 7) is 4.64. The van der Waals surface area contributed by atoms with E-state index in [4.69, 9.17) is 48.7 Å². The average molecular weight is 1390 g/mol. The molecule has 10 nitrogen and oxygen atoms in total. The van der Waals surface area contributed by atoms with Crippen LogP contribution in [0.5, 0.6) is 0 Å². The van der Waals surface area contributed by atoms with Crippen LogP contribution in [0.15, 0.2) is 336 Å². The lowest BCUT2D eigenvalue weighted by molar-refractivity contribution is 0.660. The van der Waals surface area contributed by atoms with Gasteiger partial charge in [0.2, 0.25) is 0 Å². The first kappa shape index (κ1) is 61.9. The van der Waals surface area contributed by atoms with Gasteiger partial charge in [0, 0.05) is 82.2 Å². The monoisotopic (exact) mass is 1390 g/mol. The second kappa shape index (κ2) is 24.3. The van der Waals surface area contributed by atoms with Crippen LogP contribution in [0.4, 0.5) is 0 Å². The number of rotatable bonds is 10. The molecule has 0 radical (unpaired) electrons. The minimum absolute atomic E-state index is 0.122. The van der Waals surface area contributed by atoms with E-state index in [1.54, 1.807) is 0 Å². The summed E-state index contributed by atoms with van der Waals surface area (Å²) < 4.78 is 13.6. The summed E-state index contributed by atoms with van der Waals surface area (Å²) in [5.41, 5.74) is 22.8. The summed E-state index contributed by atoms with van der Waals surface area (Å²) in [5.74, 6) is 3.52. The fourth-order valence-corrected chi connectivity index (χ4v) is 16.7. The minimum Gasteiger partial charge on any atom is -0.454 e.